The standard InChI is InChI=1S/C37H51N16O21P3S/c1-49(2)18(54)5-14-15(70-33(22(14)55)53-12-50(3)21-30(53)46-37(40)48-32(21)59)7-68-75(60,61)73-77(64,65)74-76(62,63)69-8-17-26(25(66-4)35(72-17)51-10-43-19-27(38)41-9-42-28(19)51)78-13-67-6-16-23(56)24(57)34(71-16)52-11-44-20-29(52)45-36(39)47-31(20)58/h9-12,14-17,22-26,33-35,55-57H,5-8,13H2,1-4H3,(H10-,38,39,40,41,42,45,46,47,48,58,59,60,61,62,63,64,65)/t14-,15-,16-,17?,22-,23-,24-,25-,26-,33-,34-,35-/m1/s1. The summed E-state index contributed by atoms with van der Waals surface area (Å²) < 4.78 is 93.1. The number of fused-ring (bicyclic) bond motifs is 3. The van der Waals surface area contributed by atoms with E-state index in [-0.39, 0.29) is 63.8 Å². The summed E-state index contributed by atoms with van der Waals surface area (Å²) in [5.74, 6) is -2.51. The summed E-state index contributed by atoms with van der Waals surface area (Å²) >= 11 is 0.989. The number of nitrogens with two attached hydrogens (primary N) is 3. The first-order valence-corrected chi connectivity index (χ1v) is 28.3. The first kappa shape index (κ1) is 57.3. The predicted octanol–water partition coefficient (Wildman–Crippen LogP) is -4.04. The zero-order valence-electron chi connectivity index (χ0n) is 40.9. The van der Waals surface area contributed by atoms with E-state index in [1.54, 1.807) is 0 Å². The summed E-state index contributed by atoms with van der Waals surface area (Å²) in [5.41, 5.74) is 16.4. The smallest absolute Gasteiger partial charge is 0.487 e. The molecule has 9 rings (SSSR count). The number of anilines is 3. The van der Waals surface area contributed by atoms with Crippen LogP contribution in [0, 0.1) is 5.92 Å². The summed E-state index contributed by atoms with van der Waals surface area (Å²) in [6, 6.07) is 0. The van der Waals surface area contributed by atoms with Gasteiger partial charge in [-0.3, -0.25) is 47.1 Å². The third kappa shape index (κ3) is 11.6. The SMILES string of the molecule is CO[C@@H]1[C@H](SCOC[C@H]2O[C@@H](n3cnc4c(=O)[nH]c(N)nc43)[C@H](O)[C@@H]2O)C(COP(=O)(O)OP(=O)(O)OP(=O)([O-])OC[C@H]2O[C@@H]([n+]3cn(C)c4c(=O)[nH]c(N)nc43)[C@H](O)[C@@H]2CC(=O)N(C)C)O[C@H]1n1cnc2c(N)ncnc21. The molecular formula is C37H51N16O21P3S. The van der Waals surface area contributed by atoms with Crippen LogP contribution in [0.5, 0.6) is 0 Å². The number of hydrogen-bond acceptors (Lipinski definition) is 29. The van der Waals surface area contributed by atoms with Crippen molar-refractivity contribution in [2.45, 2.75) is 73.1 Å². The lowest BCUT2D eigenvalue weighted by atomic mass is 9.94. The molecule has 0 saturated carbocycles. The Morgan fingerprint density at radius 1 is 0.833 bits per heavy atom. The van der Waals surface area contributed by atoms with Crippen molar-refractivity contribution in [3.8, 4) is 0 Å². The lowest BCUT2D eigenvalue weighted by molar-refractivity contribution is -0.745. The normalized spacial score (nSPS) is 28.8. The maximum atomic E-state index is 13.3. The number of aliphatic hydroxyl groups is 3. The number of nitrogens with zero attached hydrogens (tertiary/aromatic N) is 11. The lowest BCUT2D eigenvalue weighted by Gasteiger charge is -2.27. The Labute approximate surface area is 440 Å². The number of nitrogens with one attached hydrogen (secondary N) is 2. The van der Waals surface area contributed by atoms with E-state index in [4.69, 9.17) is 49.9 Å². The summed E-state index contributed by atoms with van der Waals surface area (Å²) in [7, 11) is -12.4. The number of phosphoric ester groups is 2. The van der Waals surface area contributed by atoms with Crippen LogP contribution in [0.4, 0.5) is 17.7 Å². The van der Waals surface area contributed by atoms with Crippen molar-refractivity contribution in [1.82, 2.24) is 58.5 Å². The highest BCUT2D eigenvalue weighted by Gasteiger charge is 2.51. The second-order valence-electron chi connectivity index (χ2n) is 17.9. The molecule has 3 saturated heterocycles. The largest absolute Gasteiger partial charge is 0.756 e. The number of hydrogen-bond donors (Lipinski definition) is 10. The first-order chi connectivity index (χ1) is 36.8. The minimum atomic E-state index is -6.17. The van der Waals surface area contributed by atoms with E-state index >= 15 is 0 Å². The van der Waals surface area contributed by atoms with Crippen molar-refractivity contribution < 1.29 is 94.4 Å². The molecule has 4 unspecified atom stereocenters. The molecule has 1 amide bonds. The number of imidazole rings is 3. The van der Waals surface area contributed by atoms with Crippen LogP contribution < -0.4 is 37.8 Å². The fourth-order valence-corrected chi connectivity index (χ4v) is 13.6. The number of ether oxygens (including phenoxy) is 5. The Hall–Kier alpha value is -5.44. The summed E-state index contributed by atoms with van der Waals surface area (Å²) in [6.45, 7) is -2.34. The molecule has 0 spiro atoms. The van der Waals surface area contributed by atoms with Gasteiger partial charge in [-0.2, -0.15) is 9.29 Å². The minimum absolute atomic E-state index is 0.00846. The fraction of sp³-hybridized carbons (Fsp3) is 0.568. The number of aryl methyl sites for hydroxylation is 1. The van der Waals surface area contributed by atoms with E-state index in [2.05, 4.69) is 48.5 Å². The number of nitrogen functional groups attached to an aromatic ring is 3. The van der Waals surface area contributed by atoms with Gasteiger partial charge in [-0.15, -0.1) is 11.8 Å². The van der Waals surface area contributed by atoms with Gasteiger partial charge in [0.1, 0.15) is 42.4 Å². The summed E-state index contributed by atoms with van der Waals surface area (Å²) in [4.78, 5) is 103. The zero-order valence-corrected chi connectivity index (χ0v) is 44.4. The first-order valence-electron chi connectivity index (χ1n) is 22.8. The van der Waals surface area contributed by atoms with Gasteiger partial charge in [-0.1, -0.05) is 4.98 Å². The van der Waals surface area contributed by atoms with E-state index in [0.717, 1.165) is 18.1 Å². The summed E-state index contributed by atoms with van der Waals surface area (Å²) in [6.07, 6.45) is -8.92. The van der Waals surface area contributed by atoms with Gasteiger partial charge in [-0.05, 0) is 0 Å². The minimum Gasteiger partial charge on any atom is -0.756 e. The predicted molar refractivity (Wildman–Crippen MR) is 259 cm³/mol. The zero-order chi connectivity index (χ0) is 56.3. The topological polar surface area (TPSA) is 519 Å². The third-order valence-electron chi connectivity index (χ3n) is 12.6. The molecule has 3 fully saturated rings. The van der Waals surface area contributed by atoms with E-state index in [1.165, 1.54) is 70.4 Å². The van der Waals surface area contributed by atoms with Gasteiger partial charge >= 0.3 is 21.3 Å². The second kappa shape index (κ2) is 22.2. The molecule has 9 heterocycles. The monoisotopic (exact) mass is 1180 g/mol. The van der Waals surface area contributed by atoms with Crippen molar-refractivity contribution in [2.75, 3.05) is 64.2 Å². The van der Waals surface area contributed by atoms with Gasteiger partial charge in [0.2, 0.25) is 23.6 Å². The van der Waals surface area contributed by atoms with Gasteiger partial charge in [0.05, 0.1) is 62.9 Å². The Bertz CT molecular complexity index is 3490. The molecule has 13 N–H and O–H groups in total. The molecule has 37 nitrogen and oxygen atoms in total. The number of carbonyl (C=O) groups is 1. The highest BCUT2D eigenvalue weighted by atomic mass is 32.2. The molecular weight excluding hydrogens is 1130 g/mol. The molecule has 3 aliphatic heterocycles. The molecule has 0 aromatic carbocycles. The quantitative estimate of drug-likeness (QED) is 0.0142. The van der Waals surface area contributed by atoms with Crippen LogP contribution >= 0.6 is 35.2 Å². The number of amides is 1. The number of methoxy groups -OCH3 is 1. The number of aromatic nitrogens is 12. The number of rotatable bonds is 21. The highest BCUT2D eigenvalue weighted by Crippen LogP contribution is 2.67. The highest BCUT2D eigenvalue weighted by molar-refractivity contribution is 7.99. The van der Waals surface area contributed by atoms with Gasteiger partial charge in [0.25, 0.3) is 24.9 Å². The average molecular weight is 1180 g/mol. The van der Waals surface area contributed by atoms with E-state index in [1.807, 2.05) is 0 Å². The van der Waals surface area contributed by atoms with E-state index in [0.29, 0.717) is 0 Å². The molecule has 41 heteroatoms. The molecule has 6 aromatic heterocycles. The second-order valence-corrected chi connectivity index (χ2v) is 23.6. The molecule has 78 heavy (non-hydrogen) atoms. The number of phosphoric acid groups is 3. The van der Waals surface area contributed by atoms with Crippen LogP contribution in [-0.4, -0.2) is 184 Å². The van der Waals surface area contributed by atoms with Crippen LogP contribution in [0.3, 0.4) is 0 Å². The van der Waals surface area contributed by atoms with Crippen LogP contribution in [0.25, 0.3) is 33.5 Å². The van der Waals surface area contributed by atoms with Crippen molar-refractivity contribution in [3.05, 3.63) is 46.0 Å². The van der Waals surface area contributed by atoms with Crippen LogP contribution in [0.2, 0.25) is 0 Å². The average Bonchev–Trinajstić information content (AvgIpc) is 4.38. The molecule has 15 atom stereocenters. The number of thioether (sulfide) groups is 1. The van der Waals surface area contributed by atoms with Crippen LogP contribution in [-0.2, 0) is 66.9 Å². The Morgan fingerprint density at radius 3 is 2.22 bits per heavy atom. The van der Waals surface area contributed by atoms with Gasteiger partial charge in [0.15, 0.2) is 41.4 Å². The molecule has 0 bridgehead atoms. The maximum absolute atomic E-state index is 13.3. The maximum Gasteiger partial charge on any atom is 0.487 e. The Kier molecular flexibility index (Phi) is 16.3. The van der Waals surface area contributed by atoms with Crippen LogP contribution in [0.1, 0.15) is 25.1 Å². The summed E-state index contributed by atoms with van der Waals surface area (Å²) in [5, 5.41) is 32.4. The third-order valence-corrected chi connectivity index (χ3v) is 18.1. The molecule has 0 aliphatic carbocycles. The van der Waals surface area contributed by atoms with E-state index in [9.17, 15) is 58.1 Å². The number of H-pyrrole nitrogens is 2. The molecule has 6 aromatic rings. The van der Waals surface area contributed by atoms with Crippen LogP contribution in [0.15, 0.2) is 34.9 Å². The Balaban J connectivity index is 0.854. The molecule has 0 radical (unpaired) electrons. The number of aliphatic hydroxyl groups excluding tert-OH is 3. The molecule has 426 valence electrons. The van der Waals surface area contributed by atoms with E-state index < -0.39 is 133 Å². The van der Waals surface area contributed by atoms with Crippen molar-refractivity contribution in [2.24, 2.45) is 13.0 Å². The van der Waals surface area contributed by atoms with Gasteiger partial charge in [-0.25, -0.2) is 37.9 Å². The Morgan fingerprint density at radius 2 is 1.50 bits per heavy atom. The fourth-order valence-electron chi connectivity index (χ4n) is 9.02. The van der Waals surface area contributed by atoms with Crippen molar-refractivity contribution in [1.29, 1.82) is 0 Å². The van der Waals surface area contributed by atoms with Crippen molar-refractivity contribution >= 4 is 92.3 Å². The lowest BCUT2D eigenvalue weighted by Crippen LogP contribution is -2.45. The number of carbonyl (C=O) groups excluding carboxylic acids is 1. The number of aromatic amines is 2. The molecule has 3 aliphatic rings. The van der Waals surface area contributed by atoms with Gasteiger partial charge < -0.3 is 80.3 Å². The van der Waals surface area contributed by atoms with Gasteiger partial charge in [0, 0.05) is 33.5 Å². The van der Waals surface area contributed by atoms with Crippen molar-refractivity contribution in [3.63, 3.8) is 0 Å².